The van der Waals surface area contributed by atoms with Crippen LogP contribution in [0.2, 0.25) is 0 Å². The number of piperidine rings is 1. The van der Waals surface area contributed by atoms with Gasteiger partial charge in [-0.3, -0.25) is 4.90 Å². The van der Waals surface area contributed by atoms with Gasteiger partial charge in [0.1, 0.15) is 0 Å². The zero-order chi connectivity index (χ0) is 12.4. The molecule has 2 nitrogen and oxygen atoms in total. The molecule has 0 amide bonds. The average Bonchev–Trinajstić information content (AvgIpc) is 2.22. The lowest BCUT2D eigenvalue weighted by atomic mass is 9.96. The van der Waals surface area contributed by atoms with Crippen LogP contribution in [0.25, 0.3) is 0 Å². The quantitative estimate of drug-likeness (QED) is 0.848. The monoisotopic (exact) mass is 233 g/mol. The summed E-state index contributed by atoms with van der Waals surface area (Å²) in [5, 5.41) is 9.72. The van der Waals surface area contributed by atoms with Crippen LogP contribution in [0, 0.1) is 19.8 Å². The third-order valence-electron chi connectivity index (χ3n) is 3.63. The molecule has 2 rings (SSSR count). The number of nitrogens with zero attached hydrogens (tertiary/aromatic N) is 1. The van der Waals surface area contributed by atoms with Gasteiger partial charge < -0.3 is 5.11 Å². The van der Waals surface area contributed by atoms with Crippen molar-refractivity contribution in [3.63, 3.8) is 0 Å². The van der Waals surface area contributed by atoms with Gasteiger partial charge in [0, 0.05) is 19.6 Å². The Morgan fingerprint density at radius 3 is 2.47 bits per heavy atom. The zero-order valence-electron chi connectivity index (χ0n) is 11.1. The van der Waals surface area contributed by atoms with Gasteiger partial charge in [-0.05, 0) is 31.7 Å². The Labute approximate surface area is 104 Å². The van der Waals surface area contributed by atoms with Crippen molar-refractivity contribution in [2.45, 2.75) is 39.8 Å². The van der Waals surface area contributed by atoms with Crippen LogP contribution in [-0.2, 0) is 6.54 Å². The first-order chi connectivity index (χ1) is 8.04. The van der Waals surface area contributed by atoms with Crippen molar-refractivity contribution in [2.24, 2.45) is 5.92 Å². The molecule has 0 bridgehead atoms. The summed E-state index contributed by atoms with van der Waals surface area (Å²) in [6.07, 6.45) is 0.803. The van der Waals surface area contributed by atoms with Crippen molar-refractivity contribution in [1.82, 2.24) is 4.90 Å². The molecule has 2 unspecified atom stereocenters. The molecular weight excluding hydrogens is 210 g/mol. The normalized spacial score (nSPS) is 26.1. The first-order valence-electron chi connectivity index (χ1n) is 6.52. The highest BCUT2D eigenvalue weighted by molar-refractivity contribution is 5.28. The Balaban J connectivity index is 2.01. The summed E-state index contributed by atoms with van der Waals surface area (Å²) in [6.45, 7) is 9.47. The van der Waals surface area contributed by atoms with E-state index < -0.39 is 0 Å². The van der Waals surface area contributed by atoms with E-state index in [1.165, 1.54) is 16.7 Å². The molecule has 1 aliphatic rings. The first-order valence-corrected chi connectivity index (χ1v) is 6.52. The molecule has 1 saturated heterocycles. The van der Waals surface area contributed by atoms with Crippen LogP contribution in [0.3, 0.4) is 0 Å². The van der Waals surface area contributed by atoms with Crippen LogP contribution in [0.4, 0.5) is 0 Å². The van der Waals surface area contributed by atoms with Gasteiger partial charge in [0.25, 0.3) is 0 Å². The average molecular weight is 233 g/mol. The SMILES string of the molecule is Cc1cc(C)cc(CN2CCC(O)C(C)C2)c1. The minimum atomic E-state index is -0.106. The summed E-state index contributed by atoms with van der Waals surface area (Å²) < 4.78 is 0. The van der Waals surface area contributed by atoms with E-state index in [0.29, 0.717) is 5.92 Å². The van der Waals surface area contributed by atoms with E-state index in [1.54, 1.807) is 0 Å². The molecule has 1 N–H and O–H groups in total. The van der Waals surface area contributed by atoms with Gasteiger partial charge in [-0.25, -0.2) is 0 Å². The Kier molecular flexibility index (Phi) is 3.85. The predicted octanol–water partition coefficient (Wildman–Crippen LogP) is 2.51. The molecular formula is C15H23NO. The fourth-order valence-corrected chi connectivity index (χ4v) is 2.78. The maximum Gasteiger partial charge on any atom is 0.0590 e. The highest BCUT2D eigenvalue weighted by atomic mass is 16.3. The smallest absolute Gasteiger partial charge is 0.0590 e. The van der Waals surface area contributed by atoms with E-state index in [2.05, 4.69) is 43.9 Å². The standard InChI is InChI=1S/C15H23NO/c1-11-6-12(2)8-14(7-11)10-16-5-4-15(17)13(3)9-16/h6-8,13,15,17H,4-5,9-10H2,1-3H3. The number of benzene rings is 1. The number of likely N-dealkylation sites (tertiary alicyclic amines) is 1. The van der Waals surface area contributed by atoms with Crippen LogP contribution in [0.15, 0.2) is 18.2 Å². The van der Waals surface area contributed by atoms with Gasteiger partial charge in [0.05, 0.1) is 6.10 Å². The summed E-state index contributed by atoms with van der Waals surface area (Å²) in [5.41, 5.74) is 4.07. The van der Waals surface area contributed by atoms with Crippen molar-refractivity contribution >= 4 is 0 Å². The molecule has 0 aromatic heterocycles. The fourth-order valence-electron chi connectivity index (χ4n) is 2.78. The van der Waals surface area contributed by atoms with Gasteiger partial charge in [0.2, 0.25) is 0 Å². The number of rotatable bonds is 2. The lowest BCUT2D eigenvalue weighted by molar-refractivity contribution is 0.0320. The van der Waals surface area contributed by atoms with Gasteiger partial charge in [-0.15, -0.1) is 0 Å². The Morgan fingerprint density at radius 1 is 1.24 bits per heavy atom. The van der Waals surface area contributed by atoms with E-state index in [1.807, 2.05) is 0 Å². The Morgan fingerprint density at radius 2 is 1.88 bits per heavy atom. The number of hydrogen-bond donors (Lipinski definition) is 1. The first kappa shape index (κ1) is 12.6. The second kappa shape index (κ2) is 5.19. The van der Waals surface area contributed by atoms with Gasteiger partial charge >= 0.3 is 0 Å². The largest absolute Gasteiger partial charge is 0.393 e. The van der Waals surface area contributed by atoms with Crippen molar-refractivity contribution < 1.29 is 5.11 Å². The molecule has 1 aromatic carbocycles. The molecule has 1 aliphatic heterocycles. The summed E-state index contributed by atoms with van der Waals surface area (Å²) in [7, 11) is 0. The summed E-state index contributed by atoms with van der Waals surface area (Å²) in [5.74, 6) is 0.398. The highest BCUT2D eigenvalue weighted by Crippen LogP contribution is 2.19. The molecule has 1 fully saturated rings. The number of hydrogen-bond acceptors (Lipinski definition) is 2. The van der Waals surface area contributed by atoms with Gasteiger partial charge in [0.15, 0.2) is 0 Å². The third-order valence-corrected chi connectivity index (χ3v) is 3.63. The number of aliphatic hydroxyl groups excluding tert-OH is 1. The summed E-state index contributed by atoms with van der Waals surface area (Å²) in [4.78, 5) is 2.45. The number of aliphatic hydroxyl groups is 1. The van der Waals surface area contributed by atoms with Crippen LogP contribution < -0.4 is 0 Å². The molecule has 94 valence electrons. The molecule has 2 heteroatoms. The van der Waals surface area contributed by atoms with E-state index in [0.717, 1.165) is 26.1 Å². The topological polar surface area (TPSA) is 23.5 Å². The lowest BCUT2D eigenvalue weighted by Gasteiger charge is -2.34. The lowest BCUT2D eigenvalue weighted by Crippen LogP contribution is -2.41. The zero-order valence-corrected chi connectivity index (χ0v) is 11.1. The maximum absolute atomic E-state index is 9.72. The number of aryl methyl sites for hydroxylation is 2. The van der Waals surface area contributed by atoms with Crippen molar-refractivity contribution in [3.05, 3.63) is 34.9 Å². The second-order valence-electron chi connectivity index (χ2n) is 5.56. The molecule has 1 aromatic rings. The third kappa shape index (κ3) is 3.30. The molecule has 0 saturated carbocycles. The highest BCUT2D eigenvalue weighted by Gasteiger charge is 2.23. The minimum Gasteiger partial charge on any atom is -0.393 e. The van der Waals surface area contributed by atoms with Gasteiger partial charge in [-0.2, -0.15) is 0 Å². The van der Waals surface area contributed by atoms with Crippen molar-refractivity contribution in [2.75, 3.05) is 13.1 Å². The van der Waals surface area contributed by atoms with Crippen LogP contribution in [-0.4, -0.2) is 29.2 Å². The van der Waals surface area contributed by atoms with Crippen molar-refractivity contribution in [3.8, 4) is 0 Å². The second-order valence-corrected chi connectivity index (χ2v) is 5.56. The summed E-state index contributed by atoms with van der Waals surface area (Å²) >= 11 is 0. The molecule has 0 spiro atoms. The Hall–Kier alpha value is -0.860. The van der Waals surface area contributed by atoms with Crippen LogP contribution >= 0.6 is 0 Å². The predicted molar refractivity (Wildman–Crippen MR) is 71.0 cm³/mol. The molecule has 2 atom stereocenters. The maximum atomic E-state index is 9.72. The molecule has 0 radical (unpaired) electrons. The van der Waals surface area contributed by atoms with E-state index in [4.69, 9.17) is 0 Å². The fraction of sp³-hybridized carbons (Fsp3) is 0.600. The Bertz CT molecular complexity index is 368. The van der Waals surface area contributed by atoms with Crippen LogP contribution in [0.5, 0.6) is 0 Å². The van der Waals surface area contributed by atoms with Gasteiger partial charge in [-0.1, -0.05) is 36.2 Å². The molecule has 17 heavy (non-hydrogen) atoms. The van der Waals surface area contributed by atoms with Crippen LogP contribution in [0.1, 0.15) is 30.0 Å². The van der Waals surface area contributed by atoms with E-state index >= 15 is 0 Å². The van der Waals surface area contributed by atoms with Crippen molar-refractivity contribution in [1.29, 1.82) is 0 Å². The molecule has 0 aliphatic carbocycles. The summed E-state index contributed by atoms with van der Waals surface area (Å²) in [6, 6.07) is 6.75. The van der Waals surface area contributed by atoms with E-state index in [-0.39, 0.29) is 6.10 Å². The molecule has 1 heterocycles. The minimum absolute atomic E-state index is 0.106. The van der Waals surface area contributed by atoms with E-state index in [9.17, 15) is 5.11 Å².